The first-order valence-corrected chi connectivity index (χ1v) is 7.06. The van der Waals surface area contributed by atoms with Crippen LogP contribution in [-0.2, 0) is 4.74 Å². The van der Waals surface area contributed by atoms with Gasteiger partial charge in [0, 0.05) is 25.8 Å². The molecule has 1 heterocycles. The number of nitrogens with zero attached hydrogens (tertiary/aromatic N) is 2. The molecule has 19 heavy (non-hydrogen) atoms. The van der Waals surface area contributed by atoms with Gasteiger partial charge in [-0.25, -0.2) is 4.98 Å². The topological polar surface area (TPSA) is 56.3 Å². The van der Waals surface area contributed by atoms with Gasteiger partial charge < -0.3 is 14.8 Å². The number of anilines is 1. The fraction of sp³-hybridized carbons (Fsp3) is 0.714. The van der Waals surface area contributed by atoms with Crippen LogP contribution in [0, 0.1) is 6.92 Å². The molecule has 0 fully saturated rings. The normalized spacial score (nSPS) is 10.5. The zero-order valence-corrected chi connectivity index (χ0v) is 12.2. The molecule has 0 spiro atoms. The van der Waals surface area contributed by atoms with E-state index in [1.165, 1.54) is 0 Å². The Morgan fingerprint density at radius 2 is 2.00 bits per heavy atom. The molecule has 0 aliphatic carbocycles. The number of aryl methyl sites for hydroxylation is 1. The van der Waals surface area contributed by atoms with Crippen LogP contribution >= 0.6 is 0 Å². The van der Waals surface area contributed by atoms with E-state index in [1.54, 1.807) is 0 Å². The smallest absolute Gasteiger partial charge is 0.218 e. The molecule has 0 saturated carbocycles. The number of unbranched alkanes of at least 4 members (excludes halogenated alkanes) is 1. The minimum atomic E-state index is 0.647. The summed E-state index contributed by atoms with van der Waals surface area (Å²) in [5.74, 6) is 2.19. The highest BCUT2D eigenvalue weighted by molar-refractivity contribution is 5.38. The van der Waals surface area contributed by atoms with Crippen molar-refractivity contribution in [3.63, 3.8) is 0 Å². The second-order valence-electron chi connectivity index (χ2n) is 4.32. The van der Waals surface area contributed by atoms with Crippen molar-refractivity contribution in [2.45, 2.75) is 40.0 Å². The van der Waals surface area contributed by atoms with Gasteiger partial charge in [-0.05, 0) is 26.7 Å². The summed E-state index contributed by atoms with van der Waals surface area (Å²) in [5, 5.41) is 3.26. The molecule has 0 aromatic carbocycles. The lowest BCUT2D eigenvalue weighted by Crippen LogP contribution is -2.09. The van der Waals surface area contributed by atoms with Gasteiger partial charge in [-0.15, -0.1) is 0 Å². The summed E-state index contributed by atoms with van der Waals surface area (Å²) in [6.07, 6.45) is 3.12. The van der Waals surface area contributed by atoms with Crippen molar-refractivity contribution < 1.29 is 9.47 Å². The zero-order chi connectivity index (χ0) is 13.9. The number of ether oxygens (including phenoxy) is 2. The Labute approximate surface area is 115 Å². The number of nitrogens with one attached hydrogen (secondary N) is 1. The molecule has 108 valence electrons. The molecule has 0 bridgehead atoms. The van der Waals surface area contributed by atoms with Crippen molar-refractivity contribution in [2.75, 3.05) is 31.7 Å². The lowest BCUT2D eigenvalue weighted by Gasteiger charge is -2.09. The van der Waals surface area contributed by atoms with E-state index in [9.17, 15) is 0 Å². The van der Waals surface area contributed by atoms with E-state index in [2.05, 4.69) is 22.2 Å². The van der Waals surface area contributed by atoms with E-state index in [0.717, 1.165) is 50.7 Å². The number of hydrogen-bond acceptors (Lipinski definition) is 5. The van der Waals surface area contributed by atoms with Crippen LogP contribution in [-0.4, -0.2) is 36.3 Å². The summed E-state index contributed by atoms with van der Waals surface area (Å²) in [6.45, 7) is 9.09. The molecule has 0 aliphatic heterocycles. The van der Waals surface area contributed by atoms with Gasteiger partial charge in [-0.3, -0.25) is 0 Å². The fourth-order valence-electron chi connectivity index (χ4n) is 1.56. The van der Waals surface area contributed by atoms with Crippen LogP contribution in [0.2, 0.25) is 0 Å². The van der Waals surface area contributed by atoms with Crippen LogP contribution in [0.5, 0.6) is 5.88 Å². The van der Waals surface area contributed by atoms with Gasteiger partial charge in [0.15, 0.2) is 0 Å². The van der Waals surface area contributed by atoms with E-state index in [0.29, 0.717) is 12.5 Å². The Kier molecular flexibility index (Phi) is 7.89. The number of rotatable bonds is 10. The molecule has 1 rings (SSSR count). The molecule has 5 heteroatoms. The Balaban J connectivity index is 2.39. The number of aromatic nitrogens is 2. The molecule has 0 atom stereocenters. The molecular formula is C14H25N3O2. The van der Waals surface area contributed by atoms with Gasteiger partial charge in [0.25, 0.3) is 0 Å². The Bertz CT molecular complexity index is 359. The average molecular weight is 267 g/mol. The van der Waals surface area contributed by atoms with Crippen molar-refractivity contribution in [1.82, 2.24) is 9.97 Å². The van der Waals surface area contributed by atoms with Gasteiger partial charge >= 0.3 is 0 Å². The first kappa shape index (κ1) is 15.7. The monoisotopic (exact) mass is 267 g/mol. The minimum absolute atomic E-state index is 0.647. The summed E-state index contributed by atoms with van der Waals surface area (Å²) in [5.41, 5.74) is 0. The van der Waals surface area contributed by atoms with Gasteiger partial charge in [0.05, 0.1) is 6.61 Å². The highest BCUT2D eigenvalue weighted by atomic mass is 16.5. The molecule has 0 saturated heterocycles. The third-order valence-corrected chi connectivity index (χ3v) is 2.54. The third-order valence-electron chi connectivity index (χ3n) is 2.54. The van der Waals surface area contributed by atoms with Crippen molar-refractivity contribution in [3.8, 4) is 5.88 Å². The maximum absolute atomic E-state index is 5.60. The quantitative estimate of drug-likeness (QED) is 0.661. The molecule has 1 N–H and O–H groups in total. The SMILES string of the molecule is CCCCOc1cc(NCCCOCC)nc(C)n1. The largest absolute Gasteiger partial charge is 0.478 e. The van der Waals surface area contributed by atoms with Gasteiger partial charge in [0.1, 0.15) is 11.6 Å². The highest BCUT2D eigenvalue weighted by Crippen LogP contribution is 2.13. The molecule has 0 amide bonds. The van der Waals surface area contributed by atoms with E-state index in [4.69, 9.17) is 9.47 Å². The van der Waals surface area contributed by atoms with Gasteiger partial charge in [-0.1, -0.05) is 13.3 Å². The van der Waals surface area contributed by atoms with Crippen LogP contribution in [0.15, 0.2) is 6.07 Å². The zero-order valence-electron chi connectivity index (χ0n) is 12.2. The molecule has 0 aliphatic rings. The molecule has 0 unspecified atom stereocenters. The van der Waals surface area contributed by atoms with Crippen molar-refractivity contribution in [2.24, 2.45) is 0 Å². The Hall–Kier alpha value is -1.36. The fourth-order valence-corrected chi connectivity index (χ4v) is 1.56. The first-order chi connectivity index (χ1) is 9.26. The Morgan fingerprint density at radius 1 is 1.16 bits per heavy atom. The van der Waals surface area contributed by atoms with Crippen LogP contribution in [0.3, 0.4) is 0 Å². The Morgan fingerprint density at radius 3 is 2.74 bits per heavy atom. The van der Waals surface area contributed by atoms with Crippen LogP contribution in [0.4, 0.5) is 5.82 Å². The summed E-state index contributed by atoms with van der Waals surface area (Å²) in [4.78, 5) is 8.60. The van der Waals surface area contributed by atoms with Crippen LogP contribution < -0.4 is 10.1 Å². The molecule has 5 nitrogen and oxygen atoms in total. The second kappa shape index (κ2) is 9.55. The number of hydrogen-bond donors (Lipinski definition) is 1. The predicted molar refractivity (Wildman–Crippen MR) is 76.8 cm³/mol. The second-order valence-corrected chi connectivity index (χ2v) is 4.32. The summed E-state index contributed by atoms with van der Waals surface area (Å²) < 4.78 is 10.9. The maximum atomic E-state index is 5.60. The predicted octanol–water partition coefficient (Wildman–Crippen LogP) is 2.80. The van der Waals surface area contributed by atoms with Gasteiger partial charge in [0.2, 0.25) is 5.88 Å². The summed E-state index contributed by atoms with van der Waals surface area (Å²) in [7, 11) is 0. The van der Waals surface area contributed by atoms with E-state index in [1.807, 2.05) is 19.9 Å². The molecule has 1 aromatic rings. The third kappa shape index (κ3) is 6.96. The molecule has 0 radical (unpaired) electrons. The van der Waals surface area contributed by atoms with Gasteiger partial charge in [-0.2, -0.15) is 4.98 Å². The lowest BCUT2D eigenvalue weighted by molar-refractivity contribution is 0.147. The summed E-state index contributed by atoms with van der Waals surface area (Å²) in [6, 6.07) is 1.85. The van der Waals surface area contributed by atoms with Crippen molar-refractivity contribution in [1.29, 1.82) is 0 Å². The van der Waals surface area contributed by atoms with Crippen molar-refractivity contribution in [3.05, 3.63) is 11.9 Å². The maximum Gasteiger partial charge on any atom is 0.218 e. The first-order valence-electron chi connectivity index (χ1n) is 7.06. The standard InChI is InChI=1S/C14H25N3O2/c1-4-6-10-19-14-11-13(16-12(3)17-14)15-8-7-9-18-5-2/h11H,4-10H2,1-3H3,(H,15,16,17). The highest BCUT2D eigenvalue weighted by Gasteiger charge is 2.02. The van der Waals surface area contributed by atoms with E-state index >= 15 is 0 Å². The average Bonchev–Trinajstić information content (AvgIpc) is 2.38. The summed E-state index contributed by atoms with van der Waals surface area (Å²) >= 11 is 0. The lowest BCUT2D eigenvalue weighted by atomic mass is 10.4. The van der Waals surface area contributed by atoms with Crippen molar-refractivity contribution >= 4 is 5.82 Å². The molecule has 1 aromatic heterocycles. The minimum Gasteiger partial charge on any atom is -0.478 e. The molecular weight excluding hydrogens is 242 g/mol. The van der Waals surface area contributed by atoms with E-state index < -0.39 is 0 Å². The van der Waals surface area contributed by atoms with Crippen LogP contribution in [0.25, 0.3) is 0 Å². The van der Waals surface area contributed by atoms with Crippen LogP contribution in [0.1, 0.15) is 38.9 Å². The van der Waals surface area contributed by atoms with E-state index in [-0.39, 0.29) is 0 Å².